The van der Waals surface area contributed by atoms with E-state index in [1.165, 1.54) is 6.92 Å². The summed E-state index contributed by atoms with van der Waals surface area (Å²) in [5.74, 6) is -0.272. The second-order valence-corrected chi connectivity index (χ2v) is 4.68. The molecule has 0 spiro atoms. The number of rotatable bonds is 4. The first-order valence-electron chi connectivity index (χ1n) is 6.55. The summed E-state index contributed by atoms with van der Waals surface area (Å²) in [6, 6.07) is 14.2. The van der Waals surface area contributed by atoms with E-state index in [1.54, 1.807) is 30.3 Å². The lowest BCUT2D eigenvalue weighted by Gasteiger charge is -2.08. The molecule has 2 rings (SSSR count). The highest BCUT2D eigenvalue weighted by atomic mass is 16.2. The largest absolute Gasteiger partial charge is 0.398 e. The van der Waals surface area contributed by atoms with Crippen LogP contribution in [0.2, 0.25) is 0 Å². The summed E-state index contributed by atoms with van der Waals surface area (Å²) in [7, 11) is 0. The van der Waals surface area contributed by atoms with Gasteiger partial charge in [0.05, 0.1) is 6.42 Å². The van der Waals surface area contributed by atoms with Gasteiger partial charge in [-0.1, -0.05) is 18.2 Å². The fourth-order valence-electron chi connectivity index (χ4n) is 1.91. The number of benzene rings is 2. The predicted octanol–water partition coefficient (Wildman–Crippen LogP) is 2.41. The van der Waals surface area contributed by atoms with Gasteiger partial charge in [-0.15, -0.1) is 0 Å². The zero-order valence-electron chi connectivity index (χ0n) is 11.7. The first-order chi connectivity index (χ1) is 10.0. The first kappa shape index (κ1) is 14.6. The molecule has 0 unspecified atom stereocenters. The second-order valence-electron chi connectivity index (χ2n) is 4.68. The lowest BCUT2D eigenvalue weighted by atomic mass is 10.1. The molecule has 0 saturated carbocycles. The molecule has 5 heteroatoms. The van der Waals surface area contributed by atoms with Crippen LogP contribution >= 0.6 is 0 Å². The van der Waals surface area contributed by atoms with Crippen LogP contribution < -0.4 is 16.4 Å². The van der Waals surface area contributed by atoms with E-state index in [9.17, 15) is 9.59 Å². The predicted molar refractivity (Wildman–Crippen MR) is 83.9 cm³/mol. The topological polar surface area (TPSA) is 84.2 Å². The van der Waals surface area contributed by atoms with Crippen LogP contribution in [-0.4, -0.2) is 11.8 Å². The molecule has 0 aromatic heterocycles. The van der Waals surface area contributed by atoms with Crippen molar-refractivity contribution >= 4 is 28.9 Å². The molecule has 108 valence electrons. The van der Waals surface area contributed by atoms with Crippen molar-refractivity contribution < 1.29 is 9.59 Å². The highest BCUT2D eigenvalue weighted by Gasteiger charge is 2.06. The summed E-state index contributed by atoms with van der Waals surface area (Å²) in [5.41, 5.74) is 8.57. The van der Waals surface area contributed by atoms with Gasteiger partial charge in [0.1, 0.15) is 0 Å². The number of amides is 2. The zero-order valence-corrected chi connectivity index (χ0v) is 11.7. The quantitative estimate of drug-likeness (QED) is 0.753. The summed E-state index contributed by atoms with van der Waals surface area (Å²) in [6.45, 7) is 1.44. The van der Waals surface area contributed by atoms with Crippen molar-refractivity contribution in [3.05, 3.63) is 54.1 Å². The molecular formula is C16H17N3O2. The van der Waals surface area contributed by atoms with Crippen LogP contribution in [0.25, 0.3) is 0 Å². The fraction of sp³-hybridized carbons (Fsp3) is 0.125. The van der Waals surface area contributed by atoms with Crippen LogP contribution in [0, 0.1) is 0 Å². The summed E-state index contributed by atoms with van der Waals surface area (Å²) in [4.78, 5) is 22.9. The molecular weight excluding hydrogens is 266 g/mol. The van der Waals surface area contributed by atoms with Gasteiger partial charge in [-0.05, 0) is 35.9 Å². The van der Waals surface area contributed by atoms with Crippen LogP contribution in [-0.2, 0) is 16.0 Å². The van der Waals surface area contributed by atoms with Crippen molar-refractivity contribution in [2.45, 2.75) is 13.3 Å². The SMILES string of the molecule is CC(=O)Nc1ccc(NC(=O)Cc2ccccc2N)cc1. The van der Waals surface area contributed by atoms with Gasteiger partial charge < -0.3 is 16.4 Å². The van der Waals surface area contributed by atoms with E-state index in [1.807, 2.05) is 18.2 Å². The van der Waals surface area contributed by atoms with E-state index in [0.717, 1.165) is 5.56 Å². The molecule has 0 atom stereocenters. The highest BCUT2D eigenvalue weighted by molar-refractivity contribution is 5.93. The summed E-state index contributed by atoms with van der Waals surface area (Å²) < 4.78 is 0. The van der Waals surface area contributed by atoms with Crippen molar-refractivity contribution in [3.8, 4) is 0 Å². The molecule has 0 saturated heterocycles. The van der Waals surface area contributed by atoms with Gasteiger partial charge in [-0.2, -0.15) is 0 Å². The van der Waals surface area contributed by atoms with E-state index in [4.69, 9.17) is 5.73 Å². The van der Waals surface area contributed by atoms with E-state index < -0.39 is 0 Å². The Kier molecular flexibility index (Phi) is 4.56. The first-order valence-corrected chi connectivity index (χ1v) is 6.55. The smallest absolute Gasteiger partial charge is 0.228 e. The second kappa shape index (κ2) is 6.56. The lowest BCUT2D eigenvalue weighted by molar-refractivity contribution is -0.116. The van der Waals surface area contributed by atoms with Crippen molar-refractivity contribution in [1.29, 1.82) is 0 Å². The van der Waals surface area contributed by atoms with E-state index in [2.05, 4.69) is 10.6 Å². The lowest BCUT2D eigenvalue weighted by Crippen LogP contribution is -2.15. The zero-order chi connectivity index (χ0) is 15.2. The Bertz CT molecular complexity index is 651. The molecule has 0 bridgehead atoms. The Morgan fingerprint density at radius 1 is 0.952 bits per heavy atom. The summed E-state index contributed by atoms with van der Waals surface area (Å²) in [5, 5.41) is 5.46. The molecule has 0 radical (unpaired) electrons. The minimum atomic E-state index is -0.139. The Balaban J connectivity index is 1.96. The standard InChI is InChI=1S/C16H17N3O2/c1-11(20)18-13-6-8-14(9-7-13)19-16(21)10-12-4-2-3-5-15(12)17/h2-9H,10,17H2,1H3,(H,18,20)(H,19,21). The normalized spacial score (nSPS) is 9.95. The Morgan fingerprint density at radius 2 is 1.52 bits per heavy atom. The Hall–Kier alpha value is -2.82. The number of nitrogens with one attached hydrogen (secondary N) is 2. The number of hydrogen-bond acceptors (Lipinski definition) is 3. The number of nitrogens with two attached hydrogens (primary N) is 1. The summed E-state index contributed by atoms with van der Waals surface area (Å²) >= 11 is 0. The molecule has 0 fully saturated rings. The third kappa shape index (κ3) is 4.35. The van der Waals surface area contributed by atoms with Crippen LogP contribution in [0.3, 0.4) is 0 Å². The average molecular weight is 283 g/mol. The van der Waals surface area contributed by atoms with Gasteiger partial charge in [0.15, 0.2) is 0 Å². The van der Waals surface area contributed by atoms with Crippen LogP contribution in [0.4, 0.5) is 17.1 Å². The van der Waals surface area contributed by atoms with Gasteiger partial charge >= 0.3 is 0 Å². The Morgan fingerprint density at radius 3 is 2.10 bits per heavy atom. The maximum atomic E-state index is 12.0. The van der Waals surface area contributed by atoms with Crippen LogP contribution in [0.1, 0.15) is 12.5 Å². The molecule has 0 aliphatic rings. The number of carbonyl (C=O) groups is 2. The van der Waals surface area contributed by atoms with E-state index in [-0.39, 0.29) is 18.2 Å². The molecule has 21 heavy (non-hydrogen) atoms. The monoisotopic (exact) mass is 283 g/mol. The van der Waals surface area contributed by atoms with E-state index >= 15 is 0 Å². The minimum absolute atomic E-state index is 0.133. The van der Waals surface area contributed by atoms with Gasteiger partial charge in [0.2, 0.25) is 11.8 Å². The molecule has 0 heterocycles. The number of anilines is 3. The molecule has 2 amide bonds. The highest BCUT2D eigenvalue weighted by Crippen LogP contribution is 2.15. The Labute approximate surface area is 123 Å². The van der Waals surface area contributed by atoms with Crippen molar-refractivity contribution in [1.82, 2.24) is 0 Å². The van der Waals surface area contributed by atoms with Crippen molar-refractivity contribution in [2.24, 2.45) is 0 Å². The average Bonchev–Trinajstić information content (AvgIpc) is 2.43. The van der Waals surface area contributed by atoms with Crippen molar-refractivity contribution in [3.63, 3.8) is 0 Å². The molecule has 2 aromatic rings. The number of carbonyl (C=O) groups excluding carboxylic acids is 2. The van der Waals surface area contributed by atoms with Gasteiger partial charge in [-0.25, -0.2) is 0 Å². The van der Waals surface area contributed by atoms with Gasteiger partial charge in [0, 0.05) is 24.0 Å². The van der Waals surface area contributed by atoms with Gasteiger partial charge in [0.25, 0.3) is 0 Å². The molecule has 0 aliphatic heterocycles. The van der Waals surface area contributed by atoms with Crippen LogP contribution in [0.15, 0.2) is 48.5 Å². The van der Waals surface area contributed by atoms with Crippen LogP contribution in [0.5, 0.6) is 0 Å². The third-order valence-corrected chi connectivity index (χ3v) is 2.90. The van der Waals surface area contributed by atoms with E-state index in [0.29, 0.717) is 17.1 Å². The molecule has 2 aromatic carbocycles. The molecule has 5 nitrogen and oxygen atoms in total. The number of para-hydroxylation sites is 1. The number of hydrogen-bond donors (Lipinski definition) is 3. The maximum Gasteiger partial charge on any atom is 0.228 e. The van der Waals surface area contributed by atoms with Gasteiger partial charge in [-0.3, -0.25) is 9.59 Å². The fourth-order valence-corrected chi connectivity index (χ4v) is 1.91. The maximum absolute atomic E-state index is 12.0. The number of nitrogen functional groups attached to an aromatic ring is 1. The minimum Gasteiger partial charge on any atom is -0.398 e. The molecule has 0 aliphatic carbocycles. The summed E-state index contributed by atoms with van der Waals surface area (Å²) in [6.07, 6.45) is 0.222. The third-order valence-electron chi connectivity index (χ3n) is 2.90. The molecule has 4 N–H and O–H groups in total. The van der Waals surface area contributed by atoms with Crippen molar-refractivity contribution in [2.75, 3.05) is 16.4 Å².